The Hall–Kier alpha value is -1.23. The molecule has 0 radical (unpaired) electrons. The summed E-state index contributed by atoms with van der Waals surface area (Å²) in [5, 5.41) is 11.4. The van der Waals surface area contributed by atoms with Crippen molar-refractivity contribution in [1.82, 2.24) is 9.78 Å². The van der Waals surface area contributed by atoms with Gasteiger partial charge >= 0.3 is 0 Å². The lowest BCUT2D eigenvalue weighted by atomic mass is 10.1. The van der Waals surface area contributed by atoms with Crippen LogP contribution in [0.15, 0.2) is 0 Å². The largest absolute Gasteiger partial charge is 0.385 e. The molecular formula is C11H20N4O. The van der Waals surface area contributed by atoms with Gasteiger partial charge in [-0.15, -0.1) is 0 Å². The fourth-order valence-corrected chi connectivity index (χ4v) is 2.15. The van der Waals surface area contributed by atoms with E-state index in [-0.39, 0.29) is 0 Å². The van der Waals surface area contributed by atoms with Crippen molar-refractivity contribution in [2.24, 2.45) is 7.05 Å². The van der Waals surface area contributed by atoms with Crippen molar-refractivity contribution in [2.75, 3.05) is 30.9 Å². The van der Waals surface area contributed by atoms with Crippen LogP contribution in [0, 0.1) is 6.92 Å². The zero-order chi connectivity index (χ0) is 11.5. The zero-order valence-electron chi connectivity index (χ0n) is 10.2. The van der Waals surface area contributed by atoms with Crippen LogP contribution in [0.2, 0.25) is 0 Å². The molecule has 0 bridgehead atoms. The van der Waals surface area contributed by atoms with E-state index in [2.05, 4.69) is 15.7 Å². The molecule has 0 aliphatic carbocycles. The van der Waals surface area contributed by atoms with Gasteiger partial charge in [0.05, 0.1) is 5.69 Å². The summed E-state index contributed by atoms with van der Waals surface area (Å²) in [6.45, 7) is 3.82. The number of aryl methyl sites for hydroxylation is 2. The minimum Gasteiger partial charge on any atom is -0.385 e. The molecule has 5 nitrogen and oxygen atoms in total. The van der Waals surface area contributed by atoms with E-state index in [9.17, 15) is 0 Å². The van der Waals surface area contributed by atoms with Crippen molar-refractivity contribution in [3.05, 3.63) is 5.69 Å². The molecule has 1 aliphatic heterocycles. The molecular weight excluding hydrogens is 204 g/mol. The summed E-state index contributed by atoms with van der Waals surface area (Å²) in [6, 6.07) is 0.470. The minimum absolute atomic E-state index is 0.470. The van der Waals surface area contributed by atoms with E-state index in [0.29, 0.717) is 6.04 Å². The molecule has 0 saturated heterocycles. The topological polar surface area (TPSA) is 51.1 Å². The SMILES string of the molecule is COCCCC1CNc2c(C)nn(C)c2N1. The van der Waals surface area contributed by atoms with Crippen LogP contribution in [-0.2, 0) is 11.8 Å². The Labute approximate surface area is 96.2 Å². The van der Waals surface area contributed by atoms with E-state index < -0.39 is 0 Å². The fourth-order valence-electron chi connectivity index (χ4n) is 2.15. The first kappa shape index (κ1) is 11.3. The number of hydrogen-bond acceptors (Lipinski definition) is 4. The highest BCUT2D eigenvalue weighted by molar-refractivity contribution is 5.70. The van der Waals surface area contributed by atoms with Crippen LogP contribution in [0.5, 0.6) is 0 Å². The van der Waals surface area contributed by atoms with E-state index in [1.807, 2.05) is 18.7 Å². The molecule has 1 aromatic rings. The quantitative estimate of drug-likeness (QED) is 0.758. The van der Waals surface area contributed by atoms with E-state index in [1.54, 1.807) is 7.11 Å². The zero-order valence-corrected chi connectivity index (χ0v) is 10.2. The second-order valence-electron chi connectivity index (χ2n) is 4.29. The molecule has 1 atom stereocenters. The maximum Gasteiger partial charge on any atom is 0.148 e. The summed E-state index contributed by atoms with van der Waals surface area (Å²) in [4.78, 5) is 0. The highest BCUT2D eigenvalue weighted by Gasteiger charge is 2.22. The molecule has 1 aliphatic rings. The number of hydrogen-bond donors (Lipinski definition) is 2. The molecule has 0 fully saturated rings. The molecule has 5 heteroatoms. The van der Waals surface area contributed by atoms with Crippen molar-refractivity contribution in [3.63, 3.8) is 0 Å². The third-order valence-corrected chi connectivity index (χ3v) is 2.99. The number of fused-ring (bicyclic) bond motifs is 1. The lowest BCUT2D eigenvalue weighted by Crippen LogP contribution is -2.33. The minimum atomic E-state index is 0.470. The van der Waals surface area contributed by atoms with Gasteiger partial charge in [0.25, 0.3) is 0 Å². The molecule has 1 unspecified atom stereocenters. The van der Waals surface area contributed by atoms with Gasteiger partial charge < -0.3 is 15.4 Å². The molecule has 0 aromatic carbocycles. The average Bonchev–Trinajstić information content (AvgIpc) is 2.55. The lowest BCUT2D eigenvalue weighted by molar-refractivity contribution is 0.191. The van der Waals surface area contributed by atoms with Crippen LogP contribution >= 0.6 is 0 Å². The Morgan fingerprint density at radius 1 is 1.56 bits per heavy atom. The maximum atomic E-state index is 5.06. The predicted octanol–water partition coefficient (Wildman–Crippen LogP) is 1.36. The standard InChI is InChI=1S/C11H20N4O/c1-8-10-11(15(2)14-8)13-9(7-12-10)5-4-6-16-3/h9,12-13H,4-7H2,1-3H3. The molecule has 2 rings (SSSR count). The van der Waals surface area contributed by atoms with Gasteiger partial charge in [-0.25, -0.2) is 0 Å². The normalized spacial score (nSPS) is 18.8. The Morgan fingerprint density at radius 3 is 3.12 bits per heavy atom. The number of aromatic nitrogens is 2. The van der Waals surface area contributed by atoms with Crippen molar-refractivity contribution in [3.8, 4) is 0 Å². The van der Waals surface area contributed by atoms with Crippen molar-refractivity contribution in [1.29, 1.82) is 0 Å². The van der Waals surface area contributed by atoms with Gasteiger partial charge in [0.2, 0.25) is 0 Å². The van der Waals surface area contributed by atoms with Gasteiger partial charge in [-0.05, 0) is 19.8 Å². The van der Waals surface area contributed by atoms with Gasteiger partial charge in [0.15, 0.2) is 0 Å². The molecule has 1 aromatic heterocycles. The van der Waals surface area contributed by atoms with Crippen LogP contribution in [0.1, 0.15) is 18.5 Å². The Balaban J connectivity index is 1.98. The van der Waals surface area contributed by atoms with E-state index >= 15 is 0 Å². The van der Waals surface area contributed by atoms with Gasteiger partial charge in [-0.1, -0.05) is 0 Å². The predicted molar refractivity (Wildman–Crippen MR) is 65.0 cm³/mol. The van der Waals surface area contributed by atoms with Gasteiger partial charge in [0, 0.05) is 33.4 Å². The van der Waals surface area contributed by atoms with Gasteiger partial charge in [-0.2, -0.15) is 5.10 Å². The second-order valence-corrected chi connectivity index (χ2v) is 4.29. The van der Waals surface area contributed by atoms with Crippen molar-refractivity contribution < 1.29 is 4.74 Å². The van der Waals surface area contributed by atoms with Crippen LogP contribution in [-0.4, -0.2) is 36.1 Å². The van der Waals surface area contributed by atoms with Crippen LogP contribution in [0.25, 0.3) is 0 Å². The number of anilines is 2. The summed E-state index contributed by atoms with van der Waals surface area (Å²) >= 11 is 0. The second kappa shape index (κ2) is 4.74. The van der Waals surface area contributed by atoms with E-state index in [1.165, 1.54) is 0 Å². The summed E-state index contributed by atoms with van der Waals surface area (Å²) in [6.07, 6.45) is 2.20. The van der Waals surface area contributed by atoms with Gasteiger partial charge in [-0.3, -0.25) is 4.68 Å². The summed E-state index contributed by atoms with van der Waals surface area (Å²) < 4.78 is 6.97. The maximum absolute atomic E-state index is 5.06. The molecule has 2 heterocycles. The van der Waals surface area contributed by atoms with E-state index in [4.69, 9.17) is 4.74 Å². The number of nitrogens with one attached hydrogen (secondary N) is 2. The van der Waals surface area contributed by atoms with E-state index in [0.717, 1.165) is 43.2 Å². The Bertz CT molecular complexity index is 361. The Kier molecular flexibility index (Phi) is 3.33. The fraction of sp³-hybridized carbons (Fsp3) is 0.727. The average molecular weight is 224 g/mol. The first-order valence-electron chi connectivity index (χ1n) is 5.75. The number of nitrogens with zero attached hydrogens (tertiary/aromatic N) is 2. The smallest absolute Gasteiger partial charge is 0.148 e. The number of methoxy groups -OCH3 is 1. The van der Waals surface area contributed by atoms with Gasteiger partial charge in [0.1, 0.15) is 11.5 Å². The van der Waals surface area contributed by atoms with Crippen LogP contribution < -0.4 is 10.6 Å². The van der Waals surface area contributed by atoms with Crippen LogP contribution in [0.3, 0.4) is 0 Å². The monoisotopic (exact) mass is 224 g/mol. The summed E-state index contributed by atoms with van der Waals surface area (Å²) in [7, 11) is 3.72. The molecule has 90 valence electrons. The third-order valence-electron chi connectivity index (χ3n) is 2.99. The molecule has 16 heavy (non-hydrogen) atoms. The highest BCUT2D eigenvalue weighted by atomic mass is 16.5. The summed E-state index contributed by atoms with van der Waals surface area (Å²) in [5.74, 6) is 1.10. The first-order chi connectivity index (χ1) is 7.72. The highest BCUT2D eigenvalue weighted by Crippen LogP contribution is 2.29. The summed E-state index contributed by atoms with van der Waals surface area (Å²) in [5.41, 5.74) is 2.20. The Morgan fingerprint density at radius 2 is 2.38 bits per heavy atom. The molecule has 0 spiro atoms. The molecule has 0 amide bonds. The number of ether oxygens (including phenoxy) is 1. The molecule has 2 N–H and O–H groups in total. The third kappa shape index (κ3) is 2.14. The van der Waals surface area contributed by atoms with Crippen LogP contribution in [0.4, 0.5) is 11.5 Å². The van der Waals surface area contributed by atoms with Crippen molar-refractivity contribution in [2.45, 2.75) is 25.8 Å². The first-order valence-corrected chi connectivity index (χ1v) is 5.75. The molecule has 0 saturated carbocycles. The lowest BCUT2D eigenvalue weighted by Gasteiger charge is -2.26. The van der Waals surface area contributed by atoms with Crippen molar-refractivity contribution >= 4 is 11.5 Å². The number of rotatable bonds is 4.